The van der Waals surface area contributed by atoms with Crippen molar-refractivity contribution in [3.05, 3.63) is 71.3 Å². The number of hydrogen-bond donors (Lipinski definition) is 1. The largest absolute Gasteiger partial charge is 0.507 e. The van der Waals surface area contributed by atoms with E-state index in [1.165, 1.54) is 0 Å². The lowest BCUT2D eigenvalue weighted by Crippen LogP contribution is -2.26. The number of aromatic hydroxyl groups is 1. The predicted molar refractivity (Wildman–Crippen MR) is 111 cm³/mol. The van der Waals surface area contributed by atoms with Gasteiger partial charge in [-0.15, -0.1) is 0 Å². The molecule has 3 rings (SSSR count). The van der Waals surface area contributed by atoms with Gasteiger partial charge < -0.3 is 19.3 Å². The SMILES string of the molecule is COC1=C(P(c2ccccc2O)c2c(C)cccc2OC)C(OC)CC=C1. The Labute approximate surface area is 161 Å². The highest BCUT2D eigenvalue weighted by atomic mass is 31.1. The van der Waals surface area contributed by atoms with E-state index < -0.39 is 7.92 Å². The van der Waals surface area contributed by atoms with Crippen molar-refractivity contribution in [1.29, 1.82) is 0 Å². The van der Waals surface area contributed by atoms with Crippen LogP contribution in [-0.4, -0.2) is 32.5 Å². The summed E-state index contributed by atoms with van der Waals surface area (Å²) in [4.78, 5) is 0. The highest BCUT2D eigenvalue weighted by Crippen LogP contribution is 2.53. The first-order valence-corrected chi connectivity index (χ1v) is 10.2. The molecule has 2 aromatic carbocycles. The summed E-state index contributed by atoms with van der Waals surface area (Å²) >= 11 is 0. The molecule has 0 heterocycles. The number of phenolic OH excluding ortho intramolecular Hbond substituents is 1. The van der Waals surface area contributed by atoms with E-state index in [9.17, 15) is 5.11 Å². The molecular formula is C22H25O4P. The molecule has 0 radical (unpaired) electrons. The summed E-state index contributed by atoms with van der Waals surface area (Å²) in [5.74, 6) is 1.85. The Hall–Kier alpha value is -2.29. The number of rotatable bonds is 6. The molecule has 0 bridgehead atoms. The summed E-state index contributed by atoms with van der Waals surface area (Å²) < 4.78 is 17.2. The highest BCUT2D eigenvalue weighted by molar-refractivity contribution is 7.77. The van der Waals surface area contributed by atoms with Crippen LogP contribution in [0.2, 0.25) is 0 Å². The highest BCUT2D eigenvalue weighted by Gasteiger charge is 2.34. The molecule has 2 atom stereocenters. The smallest absolute Gasteiger partial charge is 0.127 e. The number of ether oxygens (including phenoxy) is 3. The van der Waals surface area contributed by atoms with E-state index in [1.807, 2.05) is 36.4 Å². The molecule has 0 fully saturated rings. The minimum atomic E-state index is -1.12. The number of allylic oxidation sites excluding steroid dienone is 1. The van der Waals surface area contributed by atoms with E-state index in [0.29, 0.717) is 0 Å². The fourth-order valence-corrected chi connectivity index (χ4v) is 6.37. The van der Waals surface area contributed by atoms with Crippen LogP contribution in [0.1, 0.15) is 12.0 Å². The fourth-order valence-electron chi connectivity index (χ4n) is 3.40. The third-order valence-corrected chi connectivity index (χ3v) is 7.56. The van der Waals surface area contributed by atoms with Gasteiger partial charge in [0.2, 0.25) is 0 Å². The lowest BCUT2D eigenvalue weighted by atomic mass is 10.1. The zero-order valence-corrected chi connectivity index (χ0v) is 17.0. The Morgan fingerprint density at radius 1 is 1.00 bits per heavy atom. The van der Waals surface area contributed by atoms with Crippen molar-refractivity contribution in [3.8, 4) is 11.5 Å². The normalized spacial score (nSPS) is 17.7. The van der Waals surface area contributed by atoms with Gasteiger partial charge in [0.15, 0.2) is 0 Å². The van der Waals surface area contributed by atoms with Crippen LogP contribution in [0.25, 0.3) is 0 Å². The summed E-state index contributed by atoms with van der Waals surface area (Å²) in [7, 11) is 3.94. The van der Waals surface area contributed by atoms with Gasteiger partial charge in [0.1, 0.15) is 17.3 Å². The molecule has 27 heavy (non-hydrogen) atoms. The maximum absolute atomic E-state index is 10.7. The average molecular weight is 384 g/mol. The monoisotopic (exact) mass is 384 g/mol. The van der Waals surface area contributed by atoms with Crippen molar-refractivity contribution < 1.29 is 19.3 Å². The van der Waals surface area contributed by atoms with E-state index >= 15 is 0 Å². The molecule has 0 saturated carbocycles. The van der Waals surface area contributed by atoms with Crippen molar-refractivity contribution in [2.75, 3.05) is 21.3 Å². The molecule has 5 heteroatoms. The van der Waals surface area contributed by atoms with Gasteiger partial charge in [-0.25, -0.2) is 0 Å². The molecule has 0 saturated heterocycles. The summed E-state index contributed by atoms with van der Waals surface area (Å²) in [5, 5.41) is 13.7. The van der Waals surface area contributed by atoms with E-state index in [0.717, 1.165) is 39.4 Å². The van der Waals surface area contributed by atoms with Crippen molar-refractivity contribution in [2.24, 2.45) is 0 Å². The molecular weight excluding hydrogens is 359 g/mol. The van der Waals surface area contributed by atoms with Crippen LogP contribution in [0.15, 0.2) is 65.7 Å². The Morgan fingerprint density at radius 3 is 2.44 bits per heavy atom. The number of phenols is 1. The Morgan fingerprint density at radius 2 is 1.78 bits per heavy atom. The van der Waals surface area contributed by atoms with Crippen molar-refractivity contribution >= 4 is 18.5 Å². The van der Waals surface area contributed by atoms with E-state index in [-0.39, 0.29) is 11.9 Å². The molecule has 2 unspecified atom stereocenters. The second-order valence-corrected chi connectivity index (χ2v) is 8.35. The average Bonchev–Trinajstić information content (AvgIpc) is 2.70. The Kier molecular flexibility index (Phi) is 6.20. The lowest BCUT2D eigenvalue weighted by Gasteiger charge is -2.32. The molecule has 1 N–H and O–H groups in total. The Balaban J connectivity index is 2.35. The zero-order valence-electron chi connectivity index (χ0n) is 16.1. The molecule has 142 valence electrons. The van der Waals surface area contributed by atoms with E-state index in [4.69, 9.17) is 14.2 Å². The first kappa shape index (κ1) is 19.5. The lowest BCUT2D eigenvalue weighted by molar-refractivity contribution is 0.133. The number of hydrogen-bond acceptors (Lipinski definition) is 4. The molecule has 1 aliphatic rings. The number of benzene rings is 2. The third-order valence-electron chi connectivity index (χ3n) is 4.69. The number of para-hydroxylation sites is 1. The van der Waals surface area contributed by atoms with Gasteiger partial charge in [-0.3, -0.25) is 0 Å². The van der Waals surface area contributed by atoms with E-state index in [1.54, 1.807) is 27.4 Å². The van der Waals surface area contributed by atoms with Crippen LogP contribution in [0.4, 0.5) is 0 Å². The van der Waals surface area contributed by atoms with Crippen LogP contribution < -0.4 is 15.3 Å². The van der Waals surface area contributed by atoms with Gasteiger partial charge in [-0.2, -0.15) is 0 Å². The Bertz CT molecular complexity index is 872. The van der Waals surface area contributed by atoms with Crippen molar-refractivity contribution in [2.45, 2.75) is 19.4 Å². The van der Waals surface area contributed by atoms with Crippen LogP contribution >= 0.6 is 7.92 Å². The van der Waals surface area contributed by atoms with Crippen LogP contribution in [-0.2, 0) is 9.47 Å². The maximum atomic E-state index is 10.7. The first-order valence-electron chi connectivity index (χ1n) is 8.81. The van der Waals surface area contributed by atoms with Gasteiger partial charge in [-0.1, -0.05) is 36.4 Å². The maximum Gasteiger partial charge on any atom is 0.127 e. The quantitative estimate of drug-likeness (QED) is 0.766. The third kappa shape index (κ3) is 3.73. The summed E-state index contributed by atoms with van der Waals surface area (Å²) in [6.07, 6.45) is 4.69. The number of methoxy groups -OCH3 is 3. The molecule has 1 aliphatic carbocycles. The van der Waals surface area contributed by atoms with Crippen LogP contribution in [0.5, 0.6) is 11.5 Å². The molecule has 0 amide bonds. The van der Waals surface area contributed by atoms with Crippen molar-refractivity contribution in [1.82, 2.24) is 0 Å². The van der Waals surface area contributed by atoms with E-state index in [2.05, 4.69) is 19.1 Å². The van der Waals surface area contributed by atoms with Gasteiger partial charge in [0.05, 0.1) is 20.3 Å². The molecule has 0 spiro atoms. The molecule has 4 nitrogen and oxygen atoms in total. The van der Waals surface area contributed by atoms with Crippen LogP contribution in [0.3, 0.4) is 0 Å². The van der Waals surface area contributed by atoms with Crippen LogP contribution in [0, 0.1) is 6.92 Å². The number of aryl methyl sites for hydroxylation is 1. The minimum Gasteiger partial charge on any atom is -0.507 e. The molecule has 2 aromatic rings. The predicted octanol–water partition coefficient (Wildman–Crippen LogP) is 3.97. The fraction of sp³-hybridized carbons (Fsp3) is 0.273. The van der Waals surface area contributed by atoms with Gasteiger partial charge in [0, 0.05) is 23.0 Å². The topological polar surface area (TPSA) is 47.9 Å². The summed E-state index contributed by atoms with van der Waals surface area (Å²) in [6, 6.07) is 13.5. The second kappa shape index (κ2) is 8.60. The van der Waals surface area contributed by atoms with Gasteiger partial charge in [-0.05, 0) is 45.0 Å². The zero-order chi connectivity index (χ0) is 19.4. The second-order valence-electron chi connectivity index (χ2n) is 6.27. The van der Waals surface area contributed by atoms with Crippen molar-refractivity contribution in [3.63, 3.8) is 0 Å². The minimum absolute atomic E-state index is 0.125. The summed E-state index contributed by atoms with van der Waals surface area (Å²) in [5.41, 5.74) is 1.11. The van der Waals surface area contributed by atoms with Gasteiger partial charge in [0.25, 0.3) is 0 Å². The first-order chi connectivity index (χ1) is 13.1. The summed E-state index contributed by atoms with van der Waals surface area (Å²) in [6.45, 7) is 2.07. The molecule has 0 aromatic heterocycles. The standard InChI is InChI=1S/C22H25O4P/c1-15-9-7-11-17(24-2)21(15)27(20-14-6-5-10-16(20)23)22-18(25-3)12-8-13-19(22)26-4/h5-12,14,19,23H,13H2,1-4H3. The van der Waals surface area contributed by atoms with Gasteiger partial charge >= 0.3 is 0 Å². The molecule has 0 aliphatic heterocycles.